The third-order valence-electron chi connectivity index (χ3n) is 1.45. The fourth-order valence-electron chi connectivity index (χ4n) is 0.900. The van der Waals surface area contributed by atoms with Gasteiger partial charge < -0.3 is 4.90 Å². The van der Waals surface area contributed by atoms with Crippen LogP contribution in [0.25, 0.3) is 0 Å². The van der Waals surface area contributed by atoms with Crippen molar-refractivity contribution < 1.29 is 4.79 Å². The Morgan fingerprint density at radius 1 is 1.55 bits per heavy atom. The largest absolute Gasteiger partial charge is 0.339 e. The molecule has 0 aromatic rings. The van der Waals surface area contributed by atoms with E-state index in [4.69, 9.17) is 0 Å². The zero-order valence-corrected chi connectivity index (χ0v) is 7.34. The van der Waals surface area contributed by atoms with Crippen LogP contribution in [-0.2, 0) is 4.79 Å². The topological polar surface area (TPSA) is 20.3 Å². The van der Waals surface area contributed by atoms with Gasteiger partial charge in [0, 0.05) is 13.1 Å². The van der Waals surface area contributed by atoms with Crippen molar-refractivity contribution in [1.82, 2.24) is 4.90 Å². The number of hydrogen-bond acceptors (Lipinski definition) is 1. The molecule has 0 saturated carbocycles. The second-order valence-electron chi connectivity index (χ2n) is 2.32. The lowest BCUT2D eigenvalue weighted by atomic mass is 10.3. The van der Waals surface area contributed by atoms with E-state index in [9.17, 15) is 4.79 Å². The van der Waals surface area contributed by atoms with Crippen LogP contribution in [0.5, 0.6) is 0 Å². The number of carbonyl (C=O) groups is 1. The van der Waals surface area contributed by atoms with Crippen molar-refractivity contribution in [2.24, 2.45) is 0 Å². The number of likely N-dealkylation sites (N-methyl/N-ethyl adjacent to an activating group) is 1. The second kappa shape index (κ2) is 5.96. The monoisotopic (exact) mass is 154 g/mol. The van der Waals surface area contributed by atoms with E-state index in [-0.39, 0.29) is 5.91 Å². The molecule has 0 aromatic carbocycles. The molecule has 63 valence electrons. The number of amides is 1. The van der Waals surface area contributed by atoms with Crippen LogP contribution in [0.15, 0.2) is 12.2 Å². The maximum atomic E-state index is 11.2. The zero-order chi connectivity index (χ0) is 8.69. The maximum Gasteiger partial charge on any atom is 0.246 e. The lowest BCUT2D eigenvalue weighted by Gasteiger charge is -2.17. The molecule has 11 heavy (non-hydrogen) atoms. The number of rotatable bonds is 4. The van der Waals surface area contributed by atoms with E-state index in [1.807, 2.05) is 6.92 Å². The van der Waals surface area contributed by atoms with Crippen LogP contribution in [0.4, 0.5) is 0 Å². The number of hydrogen-bond donors (Lipinski definition) is 0. The molecule has 1 amide bonds. The van der Waals surface area contributed by atoms with Crippen LogP contribution in [-0.4, -0.2) is 23.9 Å². The number of carbonyl (C=O) groups excluding carboxylic acids is 1. The summed E-state index contributed by atoms with van der Waals surface area (Å²) in [6.45, 7) is 9.12. The molecule has 0 rings (SSSR count). The molecule has 0 spiro atoms. The highest BCUT2D eigenvalue weighted by atomic mass is 16.2. The van der Waals surface area contributed by atoms with Gasteiger partial charge in [-0.25, -0.2) is 0 Å². The van der Waals surface area contributed by atoms with Crippen LogP contribution in [0.3, 0.4) is 0 Å². The predicted molar refractivity (Wildman–Crippen MR) is 47.0 cm³/mol. The number of nitrogens with zero attached hydrogens (tertiary/aromatic N) is 1. The van der Waals surface area contributed by atoms with E-state index in [2.05, 4.69) is 13.8 Å². The first kappa shape index (κ1) is 10.2. The van der Waals surface area contributed by atoms with Crippen LogP contribution in [0, 0.1) is 6.92 Å². The van der Waals surface area contributed by atoms with E-state index in [0.717, 1.165) is 19.5 Å². The molecule has 0 atom stereocenters. The van der Waals surface area contributed by atoms with E-state index in [1.54, 1.807) is 4.90 Å². The maximum absolute atomic E-state index is 11.2. The lowest BCUT2D eigenvalue weighted by Crippen LogP contribution is -2.29. The average molecular weight is 154 g/mol. The van der Waals surface area contributed by atoms with E-state index < -0.39 is 0 Å². The van der Waals surface area contributed by atoms with E-state index in [1.165, 1.54) is 12.2 Å². The van der Waals surface area contributed by atoms with Gasteiger partial charge in [-0.15, -0.1) is 0 Å². The summed E-state index contributed by atoms with van der Waals surface area (Å²) in [5.74, 6) is 0.0596. The molecule has 0 aromatic heterocycles. The Bertz CT molecular complexity index is 140. The fraction of sp³-hybridized carbons (Fsp3) is 0.556. The summed E-state index contributed by atoms with van der Waals surface area (Å²) in [4.78, 5) is 13.0. The first-order chi connectivity index (χ1) is 5.26. The molecule has 2 nitrogen and oxygen atoms in total. The lowest BCUT2D eigenvalue weighted by molar-refractivity contribution is -0.125. The predicted octanol–water partition coefficient (Wildman–Crippen LogP) is 1.64. The van der Waals surface area contributed by atoms with Crippen LogP contribution in [0.1, 0.15) is 20.3 Å². The summed E-state index contributed by atoms with van der Waals surface area (Å²) in [7, 11) is 0. The molecule has 0 heterocycles. The summed E-state index contributed by atoms with van der Waals surface area (Å²) >= 11 is 0. The van der Waals surface area contributed by atoms with Gasteiger partial charge >= 0.3 is 0 Å². The highest BCUT2D eigenvalue weighted by Crippen LogP contribution is 1.92. The van der Waals surface area contributed by atoms with Crippen molar-refractivity contribution in [1.29, 1.82) is 0 Å². The third-order valence-corrected chi connectivity index (χ3v) is 1.45. The van der Waals surface area contributed by atoms with Gasteiger partial charge in [0.25, 0.3) is 0 Å². The van der Waals surface area contributed by atoms with Crippen LogP contribution < -0.4 is 0 Å². The van der Waals surface area contributed by atoms with E-state index in [0.29, 0.717) is 0 Å². The summed E-state index contributed by atoms with van der Waals surface area (Å²) in [6, 6.07) is 0. The quantitative estimate of drug-likeness (QED) is 0.564. The first-order valence-corrected chi connectivity index (χ1v) is 4.00. The molecule has 1 radical (unpaired) electrons. The average Bonchev–Trinajstić information content (AvgIpc) is 2.00. The van der Waals surface area contributed by atoms with Crippen LogP contribution >= 0.6 is 0 Å². The Hall–Kier alpha value is -0.790. The standard InChI is InChI=1S/C9H16NO/c1-4-7-9(11)10(6-3)8-5-2/h4,7H,1,5-6,8H2,2-3H3. The second-order valence-corrected chi connectivity index (χ2v) is 2.32. The summed E-state index contributed by atoms with van der Waals surface area (Å²) in [5.41, 5.74) is 0. The molecular weight excluding hydrogens is 138 g/mol. The van der Waals surface area contributed by atoms with Crippen LogP contribution in [0.2, 0.25) is 0 Å². The zero-order valence-electron chi connectivity index (χ0n) is 7.34. The Morgan fingerprint density at radius 3 is 2.55 bits per heavy atom. The summed E-state index contributed by atoms with van der Waals surface area (Å²) in [5, 5.41) is 0. The minimum Gasteiger partial charge on any atom is -0.339 e. The number of allylic oxidation sites excluding steroid dienone is 1. The summed E-state index contributed by atoms with van der Waals surface area (Å²) < 4.78 is 0. The highest BCUT2D eigenvalue weighted by molar-refractivity contribution is 5.87. The Labute approximate surface area is 68.9 Å². The van der Waals surface area contributed by atoms with Gasteiger partial charge in [-0.05, 0) is 26.3 Å². The van der Waals surface area contributed by atoms with Crippen molar-refractivity contribution in [2.75, 3.05) is 13.1 Å². The van der Waals surface area contributed by atoms with Crippen molar-refractivity contribution in [2.45, 2.75) is 20.3 Å². The van der Waals surface area contributed by atoms with Gasteiger partial charge in [-0.3, -0.25) is 4.79 Å². The Kier molecular flexibility index (Phi) is 5.53. The van der Waals surface area contributed by atoms with Gasteiger partial charge in [-0.2, -0.15) is 0 Å². The molecule has 0 fully saturated rings. The fourth-order valence-corrected chi connectivity index (χ4v) is 0.900. The normalized spacial score (nSPS) is 10.5. The van der Waals surface area contributed by atoms with E-state index >= 15 is 0 Å². The Balaban J connectivity index is 3.91. The van der Waals surface area contributed by atoms with Gasteiger partial charge in [0.15, 0.2) is 0 Å². The molecule has 0 saturated heterocycles. The Morgan fingerprint density at radius 2 is 2.18 bits per heavy atom. The SMILES string of the molecule is [CH2]C=CC(=O)N(CC)CCC. The minimum absolute atomic E-state index is 0.0596. The minimum atomic E-state index is 0.0596. The molecule has 0 unspecified atom stereocenters. The van der Waals surface area contributed by atoms with Gasteiger partial charge in [0.05, 0.1) is 0 Å². The molecule has 0 aliphatic heterocycles. The molecule has 0 aliphatic rings. The smallest absolute Gasteiger partial charge is 0.246 e. The molecule has 0 aliphatic carbocycles. The molecule has 2 heteroatoms. The van der Waals surface area contributed by atoms with Gasteiger partial charge in [0.2, 0.25) is 5.91 Å². The first-order valence-electron chi connectivity index (χ1n) is 4.00. The van der Waals surface area contributed by atoms with Crippen molar-refractivity contribution in [3.05, 3.63) is 19.1 Å². The summed E-state index contributed by atoms with van der Waals surface area (Å²) in [6.07, 6.45) is 4.03. The van der Waals surface area contributed by atoms with Crippen molar-refractivity contribution in [3.63, 3.8) is 0 Å². The highest BCUT2D eigenvalue weighted by Gasteiger charge is 2.04. The van der Waals surface area contributed by atoms with Gasteiger partial charge in [0.1, 0.15) is 0 Å². The van der Waals surface area contributed by atoms with Crippen molar-refractivity contribution >= 4 is 5.91 Å². The van der Waals surface area contributed by atoms with Gasteiger partial charge in [-0.1, -0.05) is 13.0 Å². The molecule has 0 N–H and O–H groups in total. The molecule has 0 bridgehead atoms. The third kappa shape index (κ3) is 3.81. The molecular formula is C9H16NO. The van der Waals surface area contributed by atoms with Crippen molar-refractivity contribution in [3.8, 4) is 0 Å².